The van der Waals surface area contributed by atoms with Gasteiger partial charge >= 0.3 is 0 Å². The molecule has 7 nitrogen and oxygen atoms in total. The zero-order valence-corrected chi connectivity index (χ0v) is 18.1. The van der Waals surface area contributed by atoms with E-state index in [4.69, 9.17) is 4.74 Å². The molecule has 2 heterocycles. The standard InChI is InChI=1S/C24H23FN4O3/c1-15-20(10-11-22(30)26-18-8-5-7-17(25)13-18)24(31)29-23(28(15)2)14-21(27-29)16-6-4-9-19(12-16)32-3/h4-9,12-14H,10-11H2,1-3H3,(H,26,30). The summed E-state index contributed by atoms with van der Waals surface area (Å²) in [6.45, 7) is 1.85. The Kier molecular flexibility index (Phi) is 5.77. The number of hydrogen-bond acceptors (Lipinski definition) is 4. The minimum absolute atomic E-state index is 0.0854. The molecule has 0 spiro atoms. The first-order valence-corrected chi connectivity index (χ1v) is 10.2. The van der Waals surface area contributed by atoms with E-state index in [-0.39, 0.29) is 24.3 Å². The maximum absolute atomic E-state index is 13.3. The minimum Gasteiger partial charge on any atom is -0.497 e. The fourth-order valence-electron chi connectivity index (χ4n) is 3.66. The van der Waals surface area contributed by atoms with Crippen molar-refractivity contribution in [2.24, 2.45) is 7.05 Å². The predicted molar refractivity (Wildman–Crippen MR) is 121 cm³/mol. The van der Waals surface area contributed by atoms with Crippen LogP contribution >= 0.6 is 0 Å². The molecule has 0 unspecified atom stereocenters. The summed E-state index contributed by atoms with van der Waals surface area (Å²) in [5, 5.41) is 7.17. The summed E-state index contributed by atoms with van der Waals surface area (Å²) in [6, 6.07) is 15.0. The molecule has 32 heavy (non-hydrogen) atoms. The normalized spacial score (nSPS) is 11.0. The molecule has 0 aliphatic heterocycles. The molecule has 0 aliphatic carbocycles. The van der Waals surface area contributed by atoms with Gasteiger partial charge in [0.25, 0.3) is 5.56 Å². The average Bonchev–Trinajstić information content (AvgIpc) is 3.24. The van der Waals surface area contributed by atoms with E-state index in [2.05, 4.69) is 10.4 Å². The number of methoxy groups -OCH3 is 1. The van der Waals surface area contributed by atoms with Gasteiger partial charge in [-0.3, -0.25) is 9.59 Å². The fraction of sp³-hybridized carbons (Fsp3) is 0.208. The molecular formula is C24H23FN4O3. The third kappa shape index (κ3) is 4.12. The van der Waals surface area contributed by atoms with Crippen LogP contribution in [-0.4, -0.2) is 27.2 Å². The van der Waals surface area contributed by atoms with Crippen LogP contribution < -0.4 is 15.6 Å². The van der Waals surface area contributed by atoms with Crippen molar-refractivity contribution in [3.8, 4) is 17.0 Å². The number of aromatic nitrogens is 3. The van der Waals surface area contributed by atoms with Gasteiger partial charge in [0.2, 0.25) is 5.91 Å². The highest BCUT2D eigenvalue weighted by molar-refractivity contribution is 5.90. The van der Waals surface area contributed by atoms with E-state index in [9.17, 15) is 14.0 Å². The Morgan fingerprint density at radius 3 is 2.69 bits per heavy atom. The van der Waals surface area contributed by atoms with E-state index < -0.39 is 5.82 Å². The van der Waals surface area contributed by atoms with Crippen molar-refractivity contribution >= 4 is 17.2 Å². The molecule has 2 aromatic carbocycles. The molecule has 1 amide bonds. The summed E-state index contributed by atoms with van der Waals surface area (Å²) in [5.74, 6) is -0.0226. The Labute approximate surface area is 184 Å². The Bertz CT molecular complexity index is 1370. The van der Waals surface area contributed by atoms with Gasteiger partial charge in [0.1, 0.15) is 17.2 Å². The van der Waals surface area contributed by atoms with Crippen LogP contribution in [0.3, 0.4) is 0 Å². The highest BCUT2D eigenvalue weighted by Crippen LogP contribution is 2.24. The SMILES string of the molecule is COc1cccc(-c2cc3n(C)c(C)c(CCC(=O)Nc4cccc(F)c4)c(=O)n3n2)c1. The van der Waals surface area contributed by atoms with Crippen LogP contribution in [-0.2, 0) is 18.3 Å². The fourth-order valence-corrected chi connectivity index (χ4v) is 3.66. The molecule has 0 aliphatic rings. The summed E-state index contributed by atoms with van der Waals surface area (Å²) < 4.78 is 21.9. The molecule has 164 valence electrons. The minimum atomic E-state index is -0.427. The summed E-state index contributed by atoms with van der Waals surface area (Å²) in [5.41, 5.74) is 3.53. The highest BCUT2D eigenvalue weighted by atomic mass is 19.1. The zero-order valence-electron chi connectivity index (χ0n) is 18.1. The van der Waals surface area contributed by atoms with Gasteiger partial charge in [0.05, 0.1) is 12.8 Å². The molecule has 4 rings (SSSR count). The maximum Gasteiger partial charge on any atom is 0.277 e. The van der Waals surface area contributed by atoms with Crippen LogP contribution in [0.15, 0.2) is 59.4 Å². The molecule has 1 N–H and O–H groups in total. The molecule has 2 aromatic heterocycles. The smallest absolute Gasteiger partial charge is 0.277 e. The number of halogens is 1. The quantitative estimate of drug-likeness (QED) is 0.502. The number of rotatable bonds is 6. The Morgan fingerprint density at radius 2 is 1.94 bits per heavy atom. The number of carbonyl (C=O) groups is 1. The predicted octanol–water partition coefficient (Wildman–Crippen LogP) is 3.73. The number of fused-ring (bicyclic) bond motifs is 1. The molecule has 0 saturated carbocycles. The lowest BCUT2D eigenvalue weighted by atomic mass is 10.1. The summed E-state index contributed by atoms with van der Waals surface area (Å²) in [7, 11) is 3.45. The van der Waals surface area contributed by atoms with Crippen LogP contribution in [0.25, 0.3) is 16.9 Å². The van der Waals surface area contributed by atoms with Crippen LogP contribution in [0.4, 0.5) is 10.1 Å². The molecular weight excluding hydrogens is 411 g/mol. The number of benzene rings is 2. The average molecular weight is 434 g/mol. The van der Waals surface area contributed by atoms with Crippen molar-refractivity contribution in [1.29, 1.82) is 0 Å². The molecule has 8 heteroatoms. The van der Waals surface area contributed by atoms with Crippen molar-refractivity contribution in [1.82, 2.24) is 14.2 Å². The van der Waals surface area contributed by atoms with Crippen molar-refractivity contribution in [2.75, 3.05) is 12.4 Å². The van der Waals surface area contributed by atoms with Gasteiger partial charge in [-0.1, -0.05) is 18.2 Å². The second-order valence-electron chi connectivity index (χ2n) is 7.52. The van der Waals surface area contributed by atoms with Crippen LogP contribution in [0.2, 0.25) is 0 Å². The Balaban J connectivity index is 1.62. The molecule has 0 fully saturated rings. The van der Waals surface area contributed by atoms with Crippen molar-refractivity contribution in [3.05, 3.63) is 82.0 Å². The molecule has 4 aromatic rings. The van der Waals surface area contributed by atoms with Crippen LogP contribution in [0.1, 0.15) is 17.7 Å². The van der Waals surface area contributed by atoms with Crippen molar-refractivity contribution < 1.29 is 13.9 Å². The summed E-state index contributed by atoms with van der Waals surface area (Å²) in [4.78, 5) is 25.5. The van der Waals surface area contributed by atoms with Crippen LogP contribution in [0.5, 0.6) is 5.75 Å². The Hall–Kier alpha value is -3.94. The van der Waals surface area contributed by atoms with Gasteiger partial charge < -0.3 is 14.6 Å². The van der Waals surface area contributed by atoms with Crippen molar-refractivity contribution in [2.45, 2.75) is 19.8 Å². The third-order valence-electron chi connectivity index (χ3n) is 5.50. The maximum atomic E-state index is 13.3. The first-order chi connectivity index (χ1) is 15.4. The molecule has 0 atom stereocenters. The topological polar surface area (TPSA) is 77.6 Å². The first-order valence-electron chi connectivity index (χ1n) is 10.2. The van der Waals surface area contributed by atoms with Gasteiger partial charge in [-0.25, -0.2) is 4.39 Å². The number of anilines is 1. The number of nitrogens with one attached hydrogen (secondary N) is 1. The number of hydrogen-bond donors (Lipinski definition) is 1. The second-order valence-corrected chi connectivity index (χ2v) is 7.52. The molecule has 0 saturated heterocycles. The van der Waals surface area contributed by atoms with E-state index in [1.165, 1.54) is 22.7 Å². The number of amides is 1. The van der Waals surface area contributed by atoms with Gasteiger partial charge in [-0.05, 0) is 43.7 Å². The monoisotopic (exact) mass is 434 g/mol. The van der Waals surface area contributed by atoms with E-state index in [1.54, 1.807) is 13.2 Å². The summed E-state index contributed by atoms with van der Waals surface area (Å²) >= 11 is 0. The Morgan fingerprint density at radius 1 is 1.16 bits per heavy atom. The van der Waals surface area contributed by atoms with Crippen LogP contribution in [0, 0.1) is 12.7 Å². The van der Waals surface area contributed by atoms with E-state index in [0.717, 1.165) is 11.3 Å². The lowest BCUT2D eigenvalue weighted by Gasteiger charge is -2.12. The zero-order chi connectivity index (χ0) is 22.8. The molecule has 0 bridgehead atoms. The van der Waals surface area contributed by atoms with E-state index in [1.807, 2.05) is 48.9 Å². The van der Waals surface area contributed by atoms with Gasteiger partial charge in [-0.2, -0.15) is 9.61 Å². The van der Waals surface area contributed by atoms with E-state index >= 15 is 0 Å². The van der Waals surface area contributed by atoms with Gasteiger partial charge in [-0.15, -0.1) is 0 Å². The second kappa shape index (κ2) is 8.66. The van der Waals surface area contributed by atoms with Crippen molar-refractivity contribution in [3.63, 3.8) is 0 Å². The number of ether oxygens (including phenoxy) is 1. The van der Waals surface area contributed by atoms with E-state index in [0.29, 0.717) is 28.3 Å². The van der Waals surface area contributed by atoms with Gasteiger partial charge in [0, 0.05) is 42.0 Å². The third-order valence-corrected chi connectivity index (χ3v) is 5.50. The highest BCUT2D eigenvalue weighted by Gasteiger charge is 2.17. The molecule has 0 radical (unpaired) electrons. The number of aryl methyl sites for hydroxylation is 1. The first kappa shape index (κ1) is 21.3. The van der Waals surface area contributed by atoms with Gasteiger partial charge in [0.15, 0.2) is 0 Å². The lowest BCUT2D eigenvalue weighted by Crippen LogP contribution is -2.26. The largest absolute Gasteiger partial charge is 0.497 e. The number of carbonyl (C=O) groups excluding carboxylic acids is 1. The number of nitrogens with zero attached hydrogens (tertiary/aromatic N) is 3. The lowest BCUT2D eigenvalue weighted by molar-refractivity contribution is -0.116. The summed E-state index contributed by atoms with van der Waals surface area (Å²) in [6.07, 6.45) is 0.325.